The highest BCUT2D eigenvalue weighted by atomic mass is 35.5. The van der Waals surface area contributed by atoms with Gasteiger partial charge in [0, 0.05) is 54.3 Å². The summed E-state index contributed by atoms with van der Waals surface area (Å²) >= 11 is 6.13. The molecule has 1 saturated heterocycles. The summed E-state index contributed by atoms with van der Waals surface area (Å²) in [6, 6.07) is 11.0. The van der Waals surface area contributed by atoms with Crippen LogP contribution < -0.4 is 14.8 Å². The Labute approximate surface area is 222 Å². The smallest absolute Gasteiger partial charge is 0.245 e. The number of hydrogen-bond donors (Lipinski definition) is 2. The van der Waals surface area contributed by atoms with Crippen LogP contribution in [0.2, 0.25) is 5.02 Å². The number of nitrogens with one attached hydrogen (secondary N) is 1. The molecule has 194 valence electrons. The summed E-state index contributed by atoms with van der Waals surface area (Å²) < 4.78 is 11.9. The highest BCUT2D eigenvalue weighted by Crippen LogP contribution is 2.38. The monoisotopic (exact) mass is 522 g/mol. The number of halogens is 1. The fraction of sp³-hybridized carbons (Fsp3) is 0.321. The van der Waals surface area contributed by atoms with E-state index in [1.807, 2.05) is 19.9 Å². The number of piperidine rings is 1. The van der Waals surface area contributed by atoms with Gasteiger partial charge in [-0.25, -0.2) is 0 Å². The number of nitrogens with zero attached hydrogens (tertiary/aromatic N) is 3. The van der Waals surface area contributed by atoms with Gasteiger partial charge in [-0.1, -0.05) is 32.0 Å². The summed E-state index contributed by atoms with van der Waals surface area (Å²) in [6.45, 7) is 8.51. The molecule has 3 aromatic rings. The van der Waals surface area contributed by atoms with Gasteiger partial charge in [-0.3, -0.25) is 9.78 Å². The second-order valence-electron chi connectivity index (χ2n) is 8.11. The van der Waals surface area contributed by atoms with Crippen molar-refractivity contribution in [2.45, 2.75) is 39.4 Å². The lowest BCUT2D eigenvalue weighted by atomic mass is 10.1. The minimum absolute atomic E-state index is 0.0795. The van der Waals surface area contributed by atoms with E-state index >= 15 is 0 Å². The number of rotatable bonds is 7. The predicted molar refractivity (Wildman–Crippen MR) is 145 cm³/mol. The molecule has 0 aliphatic carbocycles. The molecule has 1 fully saturated rings. The van der Waals surface area contributed by atoms with E-state index in [2.05, 4.69) is 22.9 Å². The van der Waals surface area contributed by atoms with Crippen LogP contribution >= 0.6 is 11.6 Å². The number of hydrogen-bond acceptors (Lipinski definition) is 7. The first-order valence-corrected chi connectivity index (χ1v) is 12.5. The standard InChI is InChI=1S/C26H25ClN4O4.C2H6/c1-3-25(33)31-8-6-19(7-9-31)35-24-11-20-22(12-23(24)34-2)29-14-17(13-28)26(20)30-18-4-5-21(27)16(10-18)15-32;1-2/h3-5,10-12,14,19,32H,1,6-9,15H2,2H3,(H,29,30);1-2H3. The van der Waals surface area contributed by atoms with Crippen LogP contribution in [0.3, 0.4) is 0 Å². The van der Waals surface area contributed by atoms with Gasteiger partial charge >= 0.3 is 0 Å². The SMILES string of the molecule is C=CC(=O)N1CCC(Oc2cc3c(Nc4ccc(Cl)c(CO)c4)c(C#N)cnc3cc2OC)CC1.CC. The lowest BCUT2D eigenvalue weighted by molar-refractivity contribution is -0.127. The van der Waals surface area contributed by atoms with Crippen molar-refractivity contribution in [3.8, 4) is 17.6 Å². The number of anilines is 2. The molecule has 0 saturated carbocycles. The average Bonchev–Trinajstić information content (AvgIpc) is 2.95. The molecule has 0 atom stereocenters. The number of aliphatic hydroxyl groups excluding tert-OH is 1. The van der Waals surface area contributed by atoms with Crippen LogP contribution in [0.15, 0.2) is 49.2 Å². The Balaban J connectivity index is 0.00000186. The van der Waals surface area contributed by atoms with Gasteiger partial charge in [0.1, 0.15) is 12.2 Å². The van der Waals surface area contributed by atoms with Gasteiger partial charge in [-0.05, 0) is 35.9 Å². The first kappa shape index (κ1) is 27.8. The molecular weight excluding hydrogens is 492 g/mol. The van der Waals surface area contributed by atoms with Crippen molar-refractivity contribution < 1.29 is 19.4 Å². The maximum absolute atomic E-state index is 11.9. The number of methoxy groups -OCH3 is 1. The Kier molecular flexibility index (Phi) is 9.72. The largest absolute Gasteiger partial charge is 0.493 e. The fourth-order valence-electron chi connectivity index (χ4n) is 4.09. The van der Waals surface area contributed by atoms with E-state index < -0.39 is 0 Å². The lowest BCUT2D eigenvalue weighted by Crippen LogP contribution is -2.41. The number of fused-ring (bicyclic) bond motifs is 1. The van der Waals surface area contributed by atoms with Crippen molar-refractivity contribution in [1.82, 2.24) is 9.88 Å². The van der Waals surface area contributed by atoms with Crippen LogP contribution in [0.25, 0.3) is 10.9 Å². The van der Waals surface area contributed by atoms with E-state index in [1.165, 1.54) is 12.3 Å². The van der Waals surface area contributed by atoms with Gasteiger partial charge in [0.05, 0.1) is 30.5 Å². The zero-order valence-electron chi connectivity index (χ0n) is 21.3. The number of pyridine rings is 1. The van der Waals surface area contributed by atoms with Gasteiger partial charge in [0.2, 0.25) is 5.91 Å². The van der Waals surface area contributed by atoms with E-state index in [1.54, 1.807) is 36.3 Å². The normalized spacial score (nSPS) is 13.2. The number of amides is 1. The van der Waals surface area contributed by atoms with Crippen LogP contribution in [-0.4, -0.2) is 47.2 Å². The number of aliphatic hydroxyl groups is 1. The minimum atomic E-state index is -0.205. The third-order valence-electron chi connectivity index (χ3n) is 5.98. The third-order valence-corrected chi connectivity index (χ3v) is 6.35. The van der Waals surface area contributed by atoms with Crippen molar-refractivity contribution in [2.24, 2.45) is 0 Å². The summed E-state index contributed by atoms with van der Waals surface area (Å²) in [4.78, 5) is 18.0. The number of nitriles is 1. The van der Waals surface area contributed by atoms with Crippen LogP contribution in [0.5, 0.6) is 11.5 Å². The topological polar surface area (TPSA) is 108 Å². The Morgan fingerprint density at radius 3 is 2.65 bits per heavy atom. The number of benzene rings is 2. The van der Waals surface area contributed by atoms with E-state index in [0.717, 1.165) is 0 Å². The van der Waals surface area contributed by atoms with Crippen molar-refractivity contribution in [3.05, 3.63) is 65.3 Å². The summed E-state index contributed by atoms with van der Waals surface area (Å²) in [5, 5.41) is 23.7. The van der Waals surface area contributed by atoms with Crippen molar-refractivity contribution in [1.29, 1.82) is 5.26 Å². The number of likely N-dealkylation sites (tertiary alicyclic amines) is 1. The molecule has 1 amide bonds. The molecule has 1 aromatic heterocycles. The molecule has 1 aliphatic rings. The molecular formula is C28H31ClN4O4. The molecule has 9 heteroatoms. The molecule has 4 rings (SSSR count). The molecule has 1 aliphatic heterocycles. The zero-order chi connectivity index (χ0) is 26.9. The molecule has 0 bridgehead atoms. The number of carbonyl (C=O) groups excluding carboxylic acids is 1. The van der Waals surface area contributed by atoms with Gasteiger partial charge in [-0.15, -0.1) is 0 Å². The maximum Gasteiger partial charge on any atom is 0.245 e. The predicted octanol–water partition coefficient (Wildman–Crippen LogP) is 5.59. The quantitative estimate of drug-likeness (QED) is 0.389. The molecule has 2 heterocycles. The van der Waals surface area contributed by atoms with E-state index in [4.69, 9.17) is 21.1 Å². The minimum Gasteiger partial charge on any atom is -0.493 e. The summed E-state index contributed by atoms with van der Waals surface area (Å²) in [6.07, 6.45) is 4.09. The van der Waals surface area contributed by atoms with E-state index in [9.17, 15) is 15.2 Å². The van der Waals surface area contributed by atoms with Crippen LogP contribution in [0.4, 0.5) is 11.4 Å². The van der Waals surface area contributed by atoms with Crippen LogP contribution in [0.1, 0.15) is 37.8 Å². The first-order valence-electron chi connectivity index (χ1n) is 12.1. The number of aromatic nitrogens is 1. The van der Waals surface area contributed by atoms with Crippen LogP contribution in [0, 0.1) is 11.3 Å². The fourth-order valence-corrected chi connectivity index (χ4v) is 4.27. The summed E-state index contributed by atoms with van der Waals surface area (Å²) in [7, 11) is 1.56. The Bertz CT molecular complexity index is 1310. The molecule has 0 spiro atoms. The van der Waals surface area contributed by atoms with E-state index in [-0.39, 0.29) is 18.6 Å². The second kappa shape index (κ2) is 12.9. The highest BCUT2D eigenvalue weighted by Gasteiger charge is 2.24. The Hall–Kier alpha value is -3.80. The molecule has 0 unspecified atom stereocenters. The molecule has 2 N–H and O–H groups in total. The van der Waals surface area contributed by atoms with Gasteiger partial charge in [0.25, 0.3) is 0 Å². The highest BCUT2D eigenvalue weighted by molar-refractivity contribution is 6.31. The van der Waals surface area contributed by atoms with E-state index in [0.29, 0.717) is 75.9 Å². The van der Waals surface area contributed by atoms with Gasteiger partial charge in [-0.2, -0.15) is 5.26 Å². The second-order valence-corrected chi connectivity index (χ2v) is 8.52. The maximum atomic E-state index is 11.9. The van der Waals surface area contributed by atoms with Crippen molar-refractivity contribution in [3.63, 3.8) is 0 Å². The molecule has 2 aromatic carbocycles. The lowest BCUT2D eigenvalue weighted by Gasteiger charge is -2.31. The molecule has 8 nitrogen and oxygen atoms in total. The summed E-state index contributed by atoms with van der Waals surface area (Å²) in [5.41, 5.74) is 2.77. The van der Waals surface area contributed by atoms with Crippen molar-refractivity contribution >= 4 is 39.8 Å². The Morgan fingerprint density at radius 1 is 1.30 bits per heavy atom. The number of carbonyl (C=O) groups is 1. The van der Waals surface area contributed by atoms with Gasteiger partial charge in [0.15, 0.2) is 11.5 Å². The Morgan fingerprint density at radius 2 is 2.03 bits per heavy atom. The molecule has 0 radical (unpaired) electrons. The average molecular weight is 523 g/mol. The number of ether oxygens (including phenoxy) is 2. The first-order chi connectivity index (χ1) is 18.0. The third kappa shape index (κ3) is 6.31. The molecule has 37 heavy (non-hydrogen) atoms. The van der Waals surface area contributed by atoms with Crippen molar-refractivity contribution in [2.75, 3.05) is 25.5 Å². The van der Waals surface area contributed by atoms with Gasteiger partial charge < -0.3 is 24.8 Å². The van der Waals surface area contributed by atoms with Crippen LogP contribution in [-0.2, 0) is 11.4 Å². The summed E-state index contributed by atoms with van der Waals surface area (Å²) in [5.74, 6) is 0.976. The zero-order valence-corrected chi connectivity index (χ0v) is 22.0.